The first-order valence-corrected chi connectivity index (χ1v) is 9.86. The number of nitrogens with one attached hydrogen (secondary N) is 1. The molecule has 0 radical (unpaired) electrons. The van der Waals surface area contributed by atoms with Crippen molar-refractivity contribution in [2.75, 3.05) is 0 Å². The van der Waals surface area contributed by atoms with Gasteiger partial charge in [0.2, 0.25) is 0 Å². The molecule has 0 spiro atoms. The van der Waals surface area contributed by atoms with Crippen molar-refractivity contribution in [1.29, 1.82) is 5.26 Å². The van der Waals surface area contributed by atoms with Gasteiger partial charge in [-0.1, -0.05) is 70.5 Å². The van der Waals surface area contributed by atoms with Gasteiger partial charge in [0.15, 0.2) is 0 Å². The third-order valence-electron chi connectivity index (χ3n) is 4.67. The summed E-state index contributed by atoms with van der Waals surface area (Å²) in [7, 11) is 0. The van der Waals surface area contributed by atoms with E-state index < -0.39 is 0 Å². The molecule has 1 N–H and O–H groups in total. The summed E-state index contributed by atoms with van der Waals surface area (Å²) in [6.45, 7) is 0. The molecule has 0 aliphatic heterocycles. The van der Waals surface area contributed by atoms with Crippen molar-refractivity contribution < 1.29 is 0 Å². The van der Waals surface area contributed by atoms with Crippen LogP contribution in [0.2, 0.25) is 0 Å². The monoisotopic (exact) mass is 427 g/mol. The Bertz CT molecular complexity index is 1120. The molecule has 0 saturated carbocycles. The molecule has 1 aromatic heterocycles. The Morgan fingerprint density at radius 2 is 1.54 bits per heavy atom. The molecule has 28 heavy (non-hydrogen) atoms. The lowest BCUT2D eigenvalue weighted by atomic mass is 10.0. The first kappa shape index (κ1) is 18.2. The van der Waals surface area contributed by atoms with Crippen LogP contribution in [0.3, 0.4) is 0 Å². The summed E-state index contributed by atoms with van der Waals surface area (Å²) in [6.07, 6.45) is 3.44. The largest absolute Gasteiger partial charge is 0.345 e. The third kappa shape index (κ3) is 4.21. The van der Waals surface area contributed by atoms with Gasteiger partial charge in [-0.15, -0.1) is 0 Å². The molecule has 3 aromatic carbocycles. The molecule has 0 aliphatic carbocycles. The summed E-state index contributed by atoms with van der Waals surface area (Å²) >= 11 is 3.61. The van der Waals surface area contributed by atoms with Gasteiger partial charge in [0.05, 0.1) is 11.6 Å². The number of nitrogens with zero attached hydrogens (tertiary/aromatic N) is 2. The molecule has 4 aromatic rings. The predicted octanol–water partition coefficient (Wildman–Crippen LogP) is 5.89. The van der Waals surface area contributed by atoms with Gasteiger partial charge in [-0.05, 0) is 40.5 Å². The van der Waals surface area contributed by atoms with Crippen LogP contribution in [0.4, 0.5) is 0 Å². The van der Waals surface area contributed by atoms with Gasteiger partial charge in [0, 0.05) is 29.2 Å². The van der Waals surface area contributed by atoms with Crippen molar-refractivity contribution in [2.24, 2.45) is 0 Å². The number of benzene rings is 3. The first-order chi connectivity index (χ1) is 13.7. The minimum atomic E-state index is 0.681. The standard InChI is InChI=1S/C24H18BrN3/c25-23-4-2-1-3-22(23)20-11-9-18(10-12-20)14-24-27-16-21(28-24)13-17-5-7-19(15-26)8-6-17/h1-12,16H,13-14H2,(H,27,28). The first-order valence-electron chi connectivity index (χ1n) is 9.07. The number of imidazole rings is 1. The third-order valence-corrected chi connectivity index (χ3v) is 5.36. The lowest BCUT2D eigenvalue weighted by Gasteiger charge is -2.06. The van der Waals surface area contributed by atoms with Crippen LogP contribution in [0, 0.1) is 11.3 Å². The fourth-order valence-electron chi connectivity index (χ4n) is 3.19. The predicted molar refractivity (Wildman–Crippen MR) is 115 cm³/mol. The van der Waals surface area contributed by atoms with Crippen molar-refractivity contribution >= 4 is 15.9 Å². The van der Waals surface area contributed by atoms with Crippen LogP contribution >= 0.6 is 15.9 Å². The fraction of sp³-hybridized carbons (Fsp3) is 0.0833. The Balaban J connectivity index is 1.43. The molecule has 0 atom stereocenters. The maximum absolute atomic E-state index is 8.89. The number of hydrogen-bond donors (Lipinski definition) is 1. The van der Waals surface area contributed by atoms with E-state index in [2.05, 4.69) is 68.4 Å². The van der Waals surface area contributed by atoms with E-state index in [0.717, 1.165) is 34.4 Å². The average molecular weight is 428 g/mol. The molecule has 4 heteroatoms. The smallest absolute Gasteiger partial charge is 0.110 e. The number of aromatic amines is 1. The quantitative estimate of drug-likeness (QED) is 0.431. The van der Waals surface area contributed by atoms with Gasteiger partial charge in [-0.3, -0.25) is 0 Å². The van der Waals surface area contributed by atoms with E-state index in [1.54, 1.807) is 0 Å². The zero-order valence-electron chi connectivity index (χ0n) is 15.2. The highest BCUT2D eigenvalue weighted by atomic mass is 79.9. The van der Waals surface area contributed by atoms with E-state index in [4.69, 9.17) is 5.26 Å². The number of nitriles is 1. The summed E-state index contributed by atoms with van der Waals surface area (Å²) in [4.78, 5) is 7.93. The molecule has 0 unspecified atom stereocenters. The van der Waals surface area contributed by atoms with Crippen molar-refractivity contribution in [1.82, 2.24) is 9.97 Å². The Morgan fingerprint density at radius 3 is 2.25 bits per heavy atom. The SMILES string of the molecule is N#Cc1ccc(Cc2cnc(Cc3ccc(-c4ccccc4Br)cc3)[nH]2)cc1. The highest BCUT2D eigenvalue weighted by Crippen LogP contribution is 2.28. The molecule has 0 aliphatic rings. The summed E-state index contributed by atoms with van der Waals surface area (Å²) < 4.78 is 1.10. The molecule has 1 heterocycles. The van der Waals surface area contributed by atoms with Crippen LogP contribution in [-0.4, -0.2) is 9.97 Å². The lowest BCUT2D eigenvalue weighted by Crippen LogP contribution is -1.93. The second kappa shape index (κ2) is 8.24. The summed E-state index contributed by atoms with van der Waals surface area (Å²) in [6, 6.07) is 26.6. The van der Waals surface area contributed by atoms with E-state index in [1.807, 2.05) is 42.6 Å². The molecular formula is C24H18BrN3. The number of halogens is 1. The summed E-state index contributed by atoms with van der Waals surface area (Å²) in [5, 5.41) is 8.89. The molecule has 3 nitrogen and oxygen atoms in total. The number of rotatable bonds is 5. The minimum Gasteiger partial charge on any atom is -0.345 e. The second-order valence-electron chi connectivity index (χ2n) is 6.69. The topological polar surface area (TPSA) is 52.5 Å². The lowest BCUT2D eigenvalue weighted by molar-refractivity contribution is 1.000. The molecular weight excluding hydrogens is 410 g/mol. The number of H-pyrrole nitrogens is 1. The Hall–Kier alpha value is -3.16. The number of aromatic nitrogens is 2. The van der Waals surface area contributed by atoms with Gasteiger partial charge < -0.3 is 4.98 Å². The maximum Gasteiger partial charge on any atom is 0.110 e. The van der Waals surface area contributed by atoms with Crippen LogP contribution in [-0.2, 0) is 12.8 Å². The van der Waals surface area contributed by atoms with Crippen LogP contribution in [0.5, 0.6) is 0 Å². The van der Waals surface area contributed by atoms with Gasteiger partial charge in [-0.2, -0.15) is 5.26 Å². The van der Waals surface area contributed by atoms with E-state index in [0.29, 0.717) is 5.56 Å². The highest BCUT2D eigenvalue weighted by Gasteiger charge is 2.06. The molecule has 4 rings (SSSR count). The zero-order chi connectivity index (χ0) is 19.3. The second-order valence-corrected chi connectivity index (χ2v) is 7.55. The van der Waals surface area contributed by atoms with Gasteiger partial charge in [0.1, 0.15) is 5.82 Å². The van der Waals surface area contributed by atoms with Gasteiger partial charge in [-0.25, -0.2) is 4.98 Å². The van der Waals surface area contributed by atoms with Crippen LogP contribution < -0.4 is 0 Å². The van der Waals surface area contributed by atoms with Crippen molar-refractivity contribution in [3.63, 3.8) is 0 Å². The fourth-order valence-corrected chi connectivity index (χ4v) is 3.71. The summed E-state index contributed by atoms with van der Waals surface area (Å²) in [5.41, 5.74) is 6.51. The van der Waals surface area contributed by atoms with Crippen LogP contribution in [0.15, 0.2) is 83.5 Å². The van der Waals surface area contributed by atoms with Crippen LogP contribution in [0.25, 0.3) is 11.1 Å². The average Bonchev–Trinajstić information content (AvgIpc) is 3.16. The highest BCUT2D eigenvalue weighted by molar-refractivity contribution is 9.10. The van der Waals surface area contributed by atoms with E-state index in [9.17, 15) is 0 Å². The van der Waals surface area contributed by atoms with Gasteiger partial charge >= 0.3 is 0 Å². The van der Waals surface area contributed by atoms with Crippen molar-refractivity contribution in [3.05, 3.63) is 112 Å². The molecule has 0 bridgehead atoms. The molecule has 136 valence electrons. The molecule has 0 saturated heterocycles. The van der Waals surface area contributed by atoms with Gasteiger partial charge in [0.25, 0.3) is 0 Å². The minimum absolute atomic E-state index is 0.681. The van der Waals surface area contributed by atoms with Crippen molar-refractivity contribution in [2.45, 2.75) is 12.8 Å². The Morgan fingerprint density at radius 1 is 0.857 bits per heavy atom. The van der Waals surface area contributed by atoms with Crippen LogP contribution in [0.1, 0.15) is 28.2 Å². The van der Waals surface area contributed by atoms with E-state index in [-0.39, 0.29) is 0 Å². The van der Waals surface area contributed by atoms with E-state index >= 15 is 0 Å². The molecule has 0 amide bonds. The Labute approximate surface area is 172 Å². The van der Waals surface area contributed by atoms with Crippen molar-refractivity contribution in [3.8, 4) is 17.2 Å². The number of hydrogen-bond acceptors (Lipinski definition) is 2. The van der Waals surface area contributed by atoms with E-state index in [1.165, 1.54) is 16.7 Å². The zero-order valence-corrected chi connectivity index (χ0v) is 16.8. The summed E-state index contributed by atoms with van der Waals surface area (Å²) in [5.74, 6) is 0.956. The Kier molecular flexibility index (Phi) is 5.36. The maximum atomic E-state index is 8.89. The normalized spacial score (nSPS) is 10.6. The molecule has 0 fully saturated rings.